The van der Waals surface area contributed by atoms with Gasteiger partial charge in [-0.2, -0.15) is 0 Å². The van der Waals surface area contributed by atoms with E-state index in [1.807, 2.05) is 39.1 Å². The van der Waals surface area contributed by atoms with Crippen molar-refractivity contribution in [3.63, 3.8) is 0 Å². The first-order chi connectivity index (χ1) is 23.4. The number of carbonyl (C=O) groups excluding carboxylic acids is 1. The van der Waals surface area contributed by atoms with E-state index in [0.29, 0.717) is 32.0 Å². The third kappa shape index (κ3) is 9.45. The number of amides is 1. The van der Waals surface area contributed by atoms with Crippen LogP contribution in [0.2, 0.25) is 0 Å². The van der Waals surface area contributed by atoms with Crippen LogP contribution in [0, 0.1) is 12.8 Å². The van der Waals surface area contributed by atoms with Gasteiger partial charge in [-0.15, -0.1) is 0 Å². The zero-order valence-corrected chi connectivity index (χ0v) is 29.9. The maximum atomic E-state index is 14.4. The van der Waals surface area contributed by atoms with Gasteiger partial charge in [-0.1, -0.05) is 30.7 Å². The van der Waals surface area contributed by atoms with Crippen LogP contribution in [0.5, 0.6) is 17.2 Å². The molecule has 2 heterocycles. The number of aryl methyl sites for hydroxylation is 1. The van der Waals surface area contributed by atoms with E-state index in [2.05, 4.69) is 16.5 Å². The Morgan fingerprint density at radius 1 is 1.00 bits per heavy atom. The molecule has 2 aliphatic heterocycles. The summed E-state index contributed by atoms with van der Waals surface area (Å²) in [5.41, 5.74) is 2.49. The minimum Gasteiger partial charge on any atom is -0.490 e. The number of likely N-dealkylation sites (N-methyl/N-ethyl adjacent to an activating group) is 1. The quantitative estimate of drug-likeness (QED) is 0.301. The van der Waals surface area contributed by atoms with Crippen LogP contribution >= 0.6 is 0 Å². The second-order valence-electron chi connectivity index (χ2n) is 13.3. The minimum absolute atomic E-state index is 0.105. The summed E-state index contributed by atoms with van der Waals surface area (Å²) in [5.74, 6) is 1.38. The van der Waals surface area contributed by atoms with Crippen molar-refractivity contribution in [1.29, 1.82) is 0 Å². The molecule has 4 atom stereocenters. The molecular weight excluding hydrogens is 646 g/mol. The first-order valence-corrected chi connectivity index (χ1v) is 18.4. The van der Waals surface area contributed by atoms with Gasteiger partial charge in [-0.05, 0) is 95.1 Å². The van der Waals surface area contributed by atoms with Gasteiger partial charge in [-0.25, -0.2) is 8.42 Å². The minimum atomic E-state index is -3.91. The van der Waals surface area contributed by atoms with Crippen LogP contribution in [-0.2, 0) is 21.3 Å². The molecule has 0 aromatic heterocycles. The van der Waals surface area contributed by atoms with Crippen molar-refractivity contribution in [3.05, 3.63) is 77.4 Å². The standard InChI is InChI=1S/C37H49N3O8S/c1-25-9-13-31(14-10-25)49(43,44)38-30-12-16-33-32(19-30)37(42)40(27(3)23-41)20-26(2)36(45-17-7-6-8-28(4)48-33)22-39(5)21-29-11-15-34-35(18-29)47-24-46-34/h9-16,18-19,26-28,36,38,41H,6-8,17,20-24H2,1-5H3/t26-,27+,28-,36-/m1/s1. The molecule has 0 bridgehead atoms. The molecule has 0 unspecified atom stereocenters. The molecular formula is C37H49N3O8S. The molecule has 0 aliphatic carbocycles. The van der Waals surface area contributed by atoms with Crippen LogP contribution in [0.25, 0.3) is 0 Å². The molecule has 49 heavy (non-hydrogen) atoms. The average molecular weight is 696 g/mol. The number of fused-ring (bicyclic) bond motifs is 2. The van der Waals surface area contributed by atoms with E-state index in [-0.39, 0.29) is 53.6 Å². The van der Waals surface area contributed by atoms with E-state index in [0.717, 1.165) is 41.9 Å². The lowest BCUT2D eigenvalue weighted by atomic mass is 10.0. The van der Waals surface area contributed by atoms with Crippen LogP contribution in [0.3, 0.4) is 0 Å². The Labute approximate surface area is 290 Å². The summed E-state index contributed by atoms with van der Waals surface area (Å²) < 4.78 is 52.9. The van der Waals surface area contributed by atoms with Gasteiger partial charge in [0.05, 0.1) is 35.3 Å². The van der Waals surface area contributed by atoms with Gasteiger partial charge >= 0.3 is 0 Å². The SMILES string of the molecule is Cc1ccc(S(=O)(=O)Nc2ccc3c(c2)C(=O)N([C@@H](C)CO)C[C@@H](C)[C@@H](CN(C)Cc2ccc4c(c2)OCO4)OCCCC[C@@H](C)O3)cc1. The lowest BCUT2D eigenvalue weighted by molar-refractivity contribution is -0.0177. The van der Waals surface area contributed by atoms with E-state index >= 15 is 0 Å². The number of aliphatic hydroxyl groups is 1. The molecule has 2 N–H and O–H groups in total. The Balaban J connectivity index is 1.40. The predicted octanol–water partition coefficient (Wildman–Crippen LogP) is 5.45. The molecule has 0 spiro atoms. The number of hydrogen-bond acceptors (Lipinski definition) is 9. The number of nitrogens with one attached hydrogen (secondary N) is 1. The zero-order valence-electron chi connectivity index (χ0n) is 29.1. The largest absolute Gasteiger partial charge is 0.490 e. The second kappa shape index (κ2) is 16.2. The van der Waals surface area contributed by atoms with Gasteiger partial charge in [0.1, 0.15) is 5.75 Å². The Morgan fingerprint density at radius 2 is 1.73 bits per heavy atom. The highest BCUT2D eigenvalue weighted by atomic mass is 32.2. The average Bonchev–Trinajstić information content (AvgIpc) is 3.54. The van der Waals surface area contributed by atoms with Crippen LogP contribution in [0.4, 0.5) is 5.69 Å². The molecule has 0 saturated carbocycles. The van der Waals surface area contributed by atoms with Crippen molar-refractivity contribution in [2.75, 3.05) is 44.9 Å². The monoisotopic (exact) mass is 695 g/mol. The number of carbonyl (C=O) groups is 1. The van der Waals surface area contributed by atoms with Crippen molar-refractivity contribution in [2.24, 2.45) is 5.92 Å². The summed E-state index contributed by atoms with van der Waals surface area (Å²) in [5, 5.41) is 10.3. The highest BCUT2D eigenvalue weighted by Crippen LogP contribution is 2.33. The van der Waals surface area contributed by atoms with Crippen LogP contribution in [0.15, 0.2) is 65.6 Å². The van der Waals surface area contributed by atoms with E-state index in [9.17, 15) is 18.3 Å². The predicted molar refractivity (Wildman–Crippen MR) is 188 cm³/mol. The van der Waals surface area contributed by atoms with E-state index in [1.54, 1.807) is 48.2 Å². The normalized spacial score (nSPS) is 21.1. The van der Waals surface area contributed by atoms with Crippen LogP contribution < -0.4 is 18.9 Å². The van der Waals surface area contributed by atoms with E-state index < -0.39 is 16.1 Å². The summed E-state index contributed by atoms with van der Waals surface area (Å²) in [6.45, 7) is 9.83. The number of rotatable bonds is 9. The molecule has 0 saturated heterocycles. The first kappa shape index (κ1) is 36.4. The highest BCUT2D eigenvalue weighted by Gasteiger charge is 2.31. The first-order valence-electron chi connectivity index (χ1n) is 16.9. The fourth-order valence-corrected chi connectivity index (χ4v) is 7.15. The van der Waals surface area contributed by atoms with Crippen molar-refractivity contribution in [1.82, 2.24) is 9.80 Å². The van der Waals surface area contributed by atoms with E-state index in [1.165, 1.54) is 6.07 Å². The molecule has 266 valence electrons. The number of aliphatic hydroxyl groups excluding tert-OH is 1. The van der Waals surface area contributed by atoms with Gasteiger partial charge < -0.3 is 29.0 Å². The summed E-state index contributed by atoms with van der Waals surface area (Å²) >= 11 is 0. The maximum absolute atomic E-state index is 14.4. The third-order valence-electron chi connectivity index (χ3n) is 9.02. The Kier molecular flexibility index (Phi) is 12.1. The number of anilines is 1. The zero-order chi connectivity index (χ0) is 35.1. The number of benzene rings is 3. The van der Waals surface area contributed by atoms with Crippen molar-refractivity contribution in [3.8, 4) is 17.2 Å². The van der Waals surface area contributed by atoms with Crippen molar-refractivity contribution < 1.29 is 37.3 Å². The van der Waals surface area contributed by atoms with Gasteiger partial charge in [-0.3, -0.25) is 14.4 Å². The highest BCUT2D eigenvalue weighted by molar-refractivity contribution is 7.92. The Bertz CT molecular complexity index is 1680. The topological polar surface area (TPSA) is 127 Å². The number of hydrogen-bond donors (Lipinski definition) is 2. The lowest BCUT2D eigenvalue weighted by Crippen LogP contribution is -2.47. The van der Waals surface area contributed by atoms with Gasteiger partial charge in [0.2, 0.25) is 6.79 Å². The Morgan fingerprint density at radius 3 is 2.49 bits per heavy atom. The lowest BCUT2D eigenvalue weighted by Gasteiger charge is -2.36. The molecule has 3 aromatic carbocycles. The fourth-order valence-electron chi connectivity index (χ4n) is 6.10. The maximum Gasteiger partial charge on any atom is 0.261 e. The van der Waals surface area contributed by atoms with E-state index in [4.69, 9.17) is 18.9 Å². The molecule has 0 fully saturated rings. The van der Waals surface area contributed by atoms with Crippen LogP contribution in [0.1, 0.15) is 61.5 Å². The number of sulfonamides is 1. The van der Waals surface area contributed by atoms with Crippen molar-refractivity contribution >= 4 is 21.6 Å². The molecule has 1 amide bonds. The third-order valence-corrected chi connectivity index (χ3v) is 10.4. The number of ether oxygens (including phenoxy) is 4. The summed E-state index contributed by atoms with van der Waals surface area (Å²) in [6.07, 6.45) is 2.07. The summed E-state index contributed by atoms with van der Waals surface area (Å²) in [4.78, 5) is 18.4. The molecule has 5 rings (SSSR count). The smallest absolute Gasteiger partial charge is 0.261 e. The number of nitrogens with zero attached hydrogens (tertiary/aromatic N) is 2. The second-order valence-corrected chi connectivity index (χ2v) is 15.0. The molecule has 11 nitrogen and oxygen atoms in total. The van der Waals surface area contributed by atoms with Gasteiger partial charge in [0.15, 0.2) is 11.5 Å². The Hall–Kier alpha value is -3.84. The molecule has 0 radical (unpaired) electrons. The molecule has 3 aromatic rings. The summed E-state index contributed by atoms with van der Waals surface area (Å²) in [6, 6.07) is 16.8. The summed E-state index contributed by atoms with van der Waals surface area (Å²) in [7, 11) is -1.87. The van der Waals surface area contributed by atoms with Gasteiger partial charge in [0, 0.05) is 37.8 Å². The fraction of sp³-hybridized carbons (Fsp3) is 0.486. The van der Waals surface area contributed by atoms with Crippen molar-refractivity contribution in [2.45, 2.75) is 76.6 Å². The van der Waals surface area contributed by atoms with Gasteiger partial charge in [0.25, 0.3) is 15.9 Å². The molecule has 2 aliphatic rings. The van der Waals surface area contributed by atoms with Crippen LogP contribution in [-0.4, -0.2) is 87.6 Å². The molecule has 12 heteroatoms.